The van der Waals surface area contributed by atoms with Crippen LogP contribution in [0.5, 0.6) is 0 Å². The third-order valence-corrected chi connectivity index (χ3v) is 3.24. The molecule has 0 unspecified atom stereocenters. The molecular weight excluding hydrogens is 196 g/mol. The first kappa shape index (κ1) is 12.3. The van der Waals surface area contributed by atoms with Crippen molar-refractivity contribution in [2.45, 2.75) is 52.6 Å². The van der Waals surface area contributed by atoms with Crippen LogP contribution in [-0.4, -0.2) is 17.5 Å². The van der Waals surface area contributed by atoms with Gasteiger partial charge in [0.1, 0.15) is 6.10 Å². The molecule has 15 heavy (non-hydrogen) atoms. The molecule has 0 saturated heterocycles. The van der Waals surface area contributed by atoms with Gasteiger partial charge in [0.15, 0.2) is 0 Å². The number of carbonyl (C=O) groups excluding carboxylic acids is 1. The van der Waals surface area contributed by atoms with E-state index in [0.717, 1.165) is 25.7 Å². The molecular formula is C11H20O4. The van der Waals surface area contributed by atoms with Crippen molar-refractivity contribution in [1.82, 2.24) is 0 Å². The van der Waals surface area contributed by atoms with Gasteiger partial charge in [0, 0.05) is 0 Å². The second kappa shape index (κ2) is 4.84. The topological polar surface area (TPSA) is 55.8 Å². The van der Waals surface area contributed by atoms with Crippen LogP contribution in [0.3, 0.4) is 0 Å². The van der Waals surface area contributed by atoms with E-state index in [1.165, 1.54) is 0 Å². The van der Waals surface area contributed by atoms with Crippen molar-refractivity contribution in [3.63, 3.8) is 0 Å². The zero-order valence-corrected chi connectivity index (χ0v) is 9.66. The van der Waals surface area contributed by atoms with Crippen molar-refractivity contribution in [2.75, 3.05) is 0 Å². The molecule has 1 saturated carbocycles. The Kier molecular flexibility index (Phi) is 3.97. The SMILES string of the molecule is CC(C)(C)C1CCC(OC(=O)OO)CC1. The van der Waals surface area contributed by atoms with Gasteiger partial charge in [-0.1, -0.05) is 20.8 Å². The van der Waals surface area contributed by atoms with Gasteiger partial charge in [-0.25, -0.2) is 4.79 Å². The molecule has 1 aliphatic carbocycles. The first-order valence-electron chi connectivity index (χ1n) is 5.45. The normalized spacial score (nSPS) is 27.2. The molecule has 0 aromatic rings. The Bertz CT molecular complexity index is 211. The van der Waals surface area contributed by atoms with Crippen LogP contribution in [0.2, 0.25) is 0 Å². The van der Waals surface area contributed by atoms with E-state index in [9.17, 15) is 4.79 Å². The average Bonchev–Trinajstić information content (AvgIpc) is 2.17. The molecule has 0 amide bonds. The fourth-order valence-electron chi connectivity index (χ4n) is 2.20. The minimum absolute atomic E-state index is 0.0942. The van der Waals surface area contributed by atoms with E-state index >= 15 is 0 Å². The summed E-state index contributed by atoms with van der Waals surface area (Å²) >= 11 is 0. The minimum Gasteiger partial charge on any atom is -0.429 e. The lowest BCUT2D eigenvalue weighted by Gasteiger charge is -2.36. The van der Waals surface area contributed by atoms with Gasteiger partial charge in [-0.15, -0.1) is 0 Å². The van der Waals surface area contributed by atoms with Crippen LogP contribution in [0.4, 0.5) is 4.79 Å². The van der Waals surface area contributed by atoms with Crippen LogP contribution in [0.15, 0.2) is 0 Å². The lowest BCUT2D eigenvalue weighted by Crippen LogP contribution is -2.30. The maximum absolute atomic E-state index is 10.7. The predicted molar refractivity (Wildman–Crippen MR) is 55.4 cm³/mol. The monoisotopic (exact) mass is 216 g/mol. The fraction of sp³-hybridized carbons (Fsp3) is 0.909. The molecule has 1 rings (SSSR count). The van der Waals surface area contributed by atoms with E-state index in [0.29, 0.717) is 11.3 Å². The summed E-state index contributed by atoms with van der Waals surface area (Å²) in [5.41, 5.74) is 0.322. The number of hydrogen-bond donors (Lipinski definition) is 1. The van der Waals surface area contributed by atoms with E-state index < -0.39 is 6.16 Å². The van der Waals surface area contributed by atoms with Crippen molar-refractivity contribution in [1.29, 1.82) is 0 Å². The maximum Gasteiger partial charge on any atom is 0.540 e. The van der Waals surface area contributed by atoms with E-state index in [1.807, 2.05) is 0 Å². The maximum atomic E-state index is 10.7. The van der Waals surface area contributed by atoms with Crippen LogP contribution < -0.4 is 0 Å². The standard InChI is InChI=1S/C11H20O4/c1-11(2,3)8-4-6-9(7-5-8)14-10(12)15-13/h8-9,13H,4-7H2,1-3H3. The highest BCUT2D eigenvalue weighted by Crippen LogP contribution is 2.38. The summed E-state index contributed by atoms with van der Waals surface area (Å²) in [6, 6.07) is 0. The van der Waals surface area contributed by atoms with Crippen molar-refractivity contribution >= 4 is 6.16 Å². The largest absolute Gasteiger partial charge is 0.540 e. The van der Waals surface area contributed by atoms with Gasteiger partial charge in [0.05, 0.1) is 0 Å². The van der Waals surface area contributed by atoms with Gasteiger partial charge in [-0.05, 0) is 37.0 Å². The molecule has 0 aliphatic heterocycles. The van der Waals surface area contributed by atoms with Crippen molar-refractivity contribution < 1.29 is 19.7 Å². The molecule has 0 heterocycles. The molecule has 0 radical (unpaired) electrons. The van der Waals surface area contributed by atoms with E-state index in [1.54, 1.807) is 0 Å². The summed E-state index contributed by atoms with van der Waals surface area (Å²) < 4.78 is 4.89. The third-order valence-electron chi connectivity index (χ3n) is 3.24. The van der Waals surface area contributed by atoms with Crippen LogP contribution in [0.25, 0.3) is 0 Å². The second-order valence-electron chi connectivity index (χ2n) is 5.30. The highest BCUT2D eigenvalue weighted by molar-refractivity contribution is 5.59. The predicted octanol–water partition coefficient (Wildman–Crippen LogP) is 3.22. The number of rotatable bonds is 1. The van der Waals surface area contributed by atoms with Gasteiger partial charge >= 0.3 is 6.16 Å². The molecule has 4 nitrogen and oxygen atoms in total. The highest BCUT2D eigenvalue weighted by Gasteiger charge is 2.31. The smallest absolute Gasteiger partial charge is 0.429 e. The molecule has 88 valence electrons. The van der Waals surface area contributed by atoms with Gasteiger partial charge in [-0.3, -0.25) is 4.89 Å². The van der Waals surface area contributed by atoms with Crippen molar-refractivity contribution in [3.05, 3.63) is 0 Å². The summed E-state index contributed by atoms with van der Waals surface area (Å²) in [4.78, 5) is 14.1. The highest BCUT2D eigenvalue weighted by atomic mass is 17.1. The first-order valence-corrected chi connectivity index (χ1v) is 5.45. The van der Waals surface area contributed by atoms with Crippen molar-refractivity contribution in [2.24, 2.45) is 11.3 Å². The Balaban J connectivity index is 2.33. The zero-order chi connectivity index (χ0) is 11.5. The molecule has 0 spiro atoms. The molecule has 1 N–H and O–H groups in total. The summed E-state index contributed by atoms with van der Waals surface area (Å²) in [6.45, 7) is 6.71. The molecule has 0 aromatic heterocycles. The Hall–Kier alpha value is -0.770. The zero-order valence-electron chi connectivity index (χ0n) is 9.66. The van der Waals surface area contributed by atoms with E-state index in [4.69, 9.17) is 9.99 Å². The van der Waals surface area contributed by atoms with E-state index in [-0.39, 0.29) is 6.10 Å². The average molecular weight is 216 g/mol. The Morgan fingerprint density at radius 2 is 1.73 bits per heavy atom. The Morgan fingerprint density at radius 1 is 1.20 bits per heavy atom. The van der Waals surface area contributed by atoms with Crippen LogP contribution >= 0.6 is 0 Å². The minimum atomic E-state index is -0.991. The van der Waals surface area contributed by atoms with Gasteiger partial charge < -0.3 is 4.74 Å². The Labute approximate surface area is 90.5 Å². The first-order chi connectivity index (χ1) is 6.93. The third kappa shape index (κ3) is 3.70. The molecule has 1 aliphatic rings. The summed E-state index contributed by atoms with van der Waals surface area (Å²) in [6.07, 6.45) is 2.76. The van der Waals surface area contributed by atoms with Crippen LogP contribution in [0, 0.1) is 11.3 Å². The summed E-state index contributed by atoms with van der Waals surface area (Å²) in [7, 11) is 0. The van der Waals surface area contributed by atoms with Gasteiger partial charge in [0.25, 0.3) is 0 Å². The lowest BCUT2D eigenvalue weighted by molar-refractivity contribution is -0.206. The molecule has 1 fully saturated rings. The van der Waals surface area contributed by atoms with Crippen molar-refractivity contribution in [3.8, 4) is 0 Å². The number of ether oxygens (including phenoxy) is 1. The van der Waals surface area contributed by atoms with Gasteiger partial charge in [-0.2, -0.15) is 5.26 Å². The lowest BCUT2D eigenvalue weighted by atomic mass is 9.72. The number of hydrogen-bond acceptors (Lipinski definition) is 4. The number of carbonyl (C=O) groups is 1. The van der Waals surface area contributed by atoms with Crippen LogP contribution in [-0.2, 0) is 9.62 Å². The molecule has 0 aromatic carbocycles. The molecule has 0 bridgehead atoms. The summed E-state index contributed by atoms with van der Waals surface area (Å²) in [5, 5.41) is 8.07. The molecule has 0 atom stereocenters. The van der Waals surface area contributed by atoms with Crippen LogP contribution in [0.1, 0.15) is 46.5 Å². The van der Waals surface area contributed by atoms with Gasteiger partial charge in [0.2, 0.25) is 0 Å². The quantitative estimate of drug-likeness (QED) is 0.415. The summed E-state index contributed by atoms with van der Waals surface area (Å²) in [5.74, 6) is 0.683. The second-order valence-corrected chi connectivity index (χ2v) is 5.30. The fourth-order valence-corrected chi connectivity index (χ4v) is 2.20. The Morgan fingerprint density at radius 3 is 2.13 bits per heavy atom. The van der Waals surface area contributed by atoms with E-state index in [2.05, 4.69) is 25.7 Å². The molecule has 4 heteroatoms.